The van der Waals surface area contributed by atoms with E-state index in [-0.39, 0.29) is 16.8 Å². The van der Waals surface area contributed by atoms with E-state index in [9.17, 15) is 4.79 Å². The van der Waals surface area contributed by atoms with Crippen LogP contribution in [-0.4, -0.2) is 12.6 Å². The highest BCUT2D eigenvalue weighted by molar-refractivity contribution is 5.65. The molecule has 0 aromatic carbocycles. The minimum Gasteiger partial charge on any atom is -0.465 e. The lowest BCUT2D eigenvalue weighted by atomic mass is 9.62. The molecule has 2 rings (SSSR count). The van der Waals surface area contributed by atoms with Gasteiger partial charge in [-0.15, -0.1) is 0 Å². The van der Waals surface area contributed by atoms with Gasteiger partial charge in [-0.05, 0) is 38.0 Å². The van der Waals surface area contributed by atoms with Crippen LogP contribution in [0.2, 0.25) is 0 Å². The van der Waals surface area contributed by atoms with Crippen molar-refractivity contribution in [1.29, 1.82) is 0 Å². The zero-order valence-electron chi connectivity index (χ0n) is 12.7. The van der Waals surface area contributed by atoms with Gasteiger partial charge in [0.05, 0.1) is 6.61 Å². The topological polar surface area (TPSA) is 26.3 Å². The maximum absolute atomic E-state index is 11.1. The maximum atomic E-state index is 11.1. The summed E-state index contributed by atoms with van der Waals surface area (Å²) in [6.07, 6.45) is 10.5. The van der Waals surface area contributed by atoms with E-state index >= 15 is 0 Å². The molecule has 0 spiro atoms. The summed E-state index contributed by atoms with van der Waals surface area (Å²) >= 11 is 0. The molecule has 2 aliphatic rings. The van der Waals surface area contributed by atoms with Crippen molar-refractivity contribution in [2.45, 2.75) is 59.8 Å². The number of hydrogen-bond donors (Lipinski definition) is 0. The molecular formula is C17H26O2. The monoisotopic (exact) mass is 262 g/mol. The van der Waals surface area contributed by atoms with Crippen molar-refractivity contribution < 1.29 is 9.53 Å². The maximum Gasteiger partial charge on any atom is 0.302 e. The Bertz CT molecular complexity index is 433. The first-order valence-electron chi connectivity index (χ1n) is 7.36. The predicted octanol–water partition coefficient (Wildman–Crippen LogP) is 4.41. The third-order valence-electron chi connectivity index (χ3n) is 5.38. The summed E-state index contributed by atoms with van der Waals surface area (Å²) in [7, 11) is 0. The number of rotatable bonds is 3. The number of carbonyl (C=O) groups excluding carboxylic acids is 1. The fraction of sp³-hybridized carbons (Fsp3) is 0.706. The Morgan fingerprint density at radius 1 is 1.26 bits per heavy atom. The molecule has 0 amide bonds. The first-order valence-corrected chi connectivity index (χ1v) is 7.36. The van der Waals surface area contributed by atoms with Crippen molar-refractivity contribution in [2.75, 3.05) is 6.61 Å². The third-order valence-corrected chi connectivity index (χ3v) is 5.38. The summed E-state index contributed by atoms with van der Waals surface area (Å²) in [6, 6.07) is 0. The van der Waals surface area contributed by atoms with Gasteiger partial charge >= 0.3 is 5.97 Å². The molecule has 0 aliphatic heterocycles. The Morgan fingerprint density at radius 3 is 2.58 bits per heavy atom. The molecule has 2 heteroatoms. The molecule has 0 radical (unpaired) electrons. The van der Waals surface area contributed by atoms with Gasteiger partial charge in [0, 0.05) is 12.3 Å². The van der Waals surface area contributed by atoms with Crippen molar-refractivity contribution >= 4 is 5.97 Å². The van der Waals surface area contributed by atoms with E-state index in [0.717, 1.165) is 19.3 Å². The Morgan fingerprint density at radius 2 is 2.00 bits per heavy atom. The smallest absolute Gasteiger partial charge is 0.302 e. The van der Waals surface area contributed by atoms with Crippen LogP contribution in [0.4, 0.5) is 0 Å². The lowest BCUT2D eigenvalue weighted by Crippen LogP contribution is -2.39. The van der Waals surface area contributed by atoms with Crippen LogP contribution in [0.25, 0.3) is 0 Å². The number of carbonyl (C=O) groups is 1. The first-order chi connectivity index (χ1) is 8.87. The number of hydrogen-bond acceptors (Lipinski definition) is 2. The van der Waals surface area contributed by atoms with Gasteiger partial charge in [-0.3, -0.25) is 4.79 Å². The summed E-state index contributed by atoms with van der Waals surface area (Å²) in [5, 5.41) is 0. The van der Waals surface area contributed by atoms with Gasteiger partial charge in [-0.25, -0.2) is 0 Å². The summed E-state index contributed by atoms with van der Waals surface area (Å²) in [4.78, 5) is 11.1. The van der Waals surface area contributed by atoms with Crippen molar-refractivity contribution in [3.05, 3.63) is 23.3 Å². The van der Waals surface area contributed by atoms with Crippen LogP contribution in [0, 0.1) is 10.8 Å². The second kappa shape index (κ2) is 5.15. The highest BCUT2D eigenvalue weighted by Crippen LogP contribution is 2.58. The molecule has 0 heterocycles. The molecule has 0 aromatic rings. The van der Waals surface area contributed by atoms with E-state index in [1.54, 1.807) is 5.57 Å². The largest absolute Gasteiger partial charge is 0.465 e. The van der Waals surface area contributed by atoms with Gasteiger partial charge in [-0.2, -0.15) is 0 Å². The third kappa shape index (κ3) is 2.63. The van der Waals surface area contributed by atoms with Gasteiger partial charge in [-0.1, -0.05) is 43.6 Å². The minimum atomic E-state index is -0.163. The zero-order chi connectivity index (χ0) is 14.1. The van der Waals surface area contributed by atoms with Crippen LogP contribution >= 0.6 is 0 Å². The van der Waals surface area contributed by atoms with Gasteiger partial charge in [0.15, 0.2) is 0 Å². The molecule has 2 atom stereocenters. The van der Waals surface area contributed by atoms with E-state index in [1.165, 1.54) is 25.3 Å². The van der Waals surface area contributed by atoms with E-state index in [0.29, 0.717) is 6.61 Å². The van der Waals surface area contributed by atoms with E-state index < -0.39 is 0 Å². The van der Waals surface area contributed by atoms with Crippen LogP contribution in [0.1, 0.15) is 59.8 Å². The highest BCUT2D eigenvalue weighted by atomic mass is 16.5. The van der Waals surface area contributed by atoms with Gasteiger partial charge in [0.25, 0.3) is 0 Å². The Kier molecular flexibility index (Phi) is 3.89. The summed E-state index contributed by atoms with van der Waals surface area (Å²) < 4.78 is 5.35. The SMILES string of the molecule is CC(=O)OC[C@@]1(C)CCC[C@@]1(C)C1=CCC(C)=CC1. The van der Waals surface area contributed by atoms with E-state index in [4.69, 9.17) is 4.74 Å². The Balaban J connectivity index is 2.18. The lowest BCUT2D eigenvalue weighted by molar-refractivity contribution is -0.146. The lowest BCUT2D eigenvalue weighted by Gasteiger charge is -2.43. The minimum absolute atomic E-state index is 0.0869. The second-order valence-electron chi connectivity index (χ2n) is 6.71. The van der Waals surface area contributed by atoms with Gasteiger partial charge < -0.3 is 4.74 Å². The van der Waals surface area contributed by atoms with E-state index in [1.807, 2.05) is 0 Å². The van der Waals surface area contributed by atoms with E-state index in [2.05, 4.69) is 32.9 Å². The Labute approximate surface area is 116 Å². The predicted molar refractivity (Wildman–Crippen MR) is 77.8 cm³/mol. The molecule has 0 bridgehead atoms. The Hall–Kier alpha value is -1.05. The highest BCUT2D eigenvalue weighted by Gasteiger charge is 2.50. The zero-order valence-corrected chi connectivity index (χ0v) is 12.7. The summed E-state index contributed by atoms with van der Waals surface area (Å²) in [5.74, 6) is -0.163. The quantitative estimate of drug-likeness (QED) is 0.556. The molecule has 0 N–H and O–H groups in total. The van der Waals surface area contributed by atoms with Crippen LogP contribution in [0.5, 0.6) is 0 Å². The summed E-state index contributed by atoms with van der Waals surface area (Å²) in [5.41, 5.74) is 3.28. The molecule has 0 unspecified atom stereocenters. The first kappa shape index (κ1) is 14.4. The normalized spacial score (nSPS) is 34.7. The average Bonchev–Trinajstić information content (AvgIpc) is 2.66. The second-order valence-corrected chi connectivity index (χ2v) is 6.71. The van der Waals surface area contributed by atoms with Crippen LogP contribution < -0.4 is 0 Å². The van der Waals surface area contributed by atoms with Gasteiger partial charge in [0.1, 0.15) is 0 Å². The van der Waals surface area contributed by atoms with Gasteiger partial charge in [0.2, 0.25) is 0 Å². The summed E-state index contributed by atoms with van der Waals surface area (Å²) in [6.45, 7) is 8.90. The molecule has 19 heavy (non-hydrogen) atoms. The van der Waals surface area contributed by atoms with Crippen LogP contribution in [0.15, 0.2) is 23.3 Å². The van der Waals surface area contributed by atoms with Crippen molar-refractivity contribution in [3.63, 3.8) is 0 Å². The number of ether oxygens (including phenoxy) is 1. The molecule has 2 aliphatic carbocycles. The fourth-order valence-corrected chi connectivity index (χ4v) is 3.64. The molecule has 0 aromatic heterocycles. The fourth-order valence-electron chi connectivity index (χ4n) is 3.64. The van der Waals surface area contributed by atoms with Crippen molar-refractivity contribution in [3.8, 4) is 0 Å². The van der Waals surface area contributed by atoms with Crippen molar-refractivity contribution in [2.24, 2.45) is 10.8 Å². The molecule has 106 valence electrons. The number of allylic oxidation sites excluding steroid dienone is 4. The van der Waals surface area contributed by atoms with Crippen molar-refractivity contribution in [1.82, 2.24) is 0 Å². The van der Waals surface area contributed by atoms with Crippen LogP contribution in [-0.2, 0) is 9.53 Å². The van der Waals surface area contributed by atoms with Crippen LogP contribution in [0.3, 0.4) is 0 Å². The average molecular weight is 262 g/mol. The molecule has 2 nitrogen and oxygen atoms in total. The molecule has 0 saturated heterocycles. The molecular weight excluding hydrogens is 236 g/mol. The molecule has 1 fully saturated rings. The molecule has 1 saturated carbocycles. The number of esters is 1. The standard InChI is InChI=1S/C17H26O2/c1-13-6-8-15(9-7-13)17(4)11-5-10-16(17,3)12-19-14(2)18/h6,9H,5,7-8,10-12H2,1-4H3/t16-,17+/m1/s1.